The van der Waals surface area contributed by atoms with Crippen molar-refractivity contribution in [3.05, 3.63) is 23.8 Å². The van der Waals surface area contributed by atoms with Gasteiger partial charge in [0.15, 0.2) is 5.69 Å². The molecule has 1 aromatic heterocycles. The third-order valence-corrected chi connectivity index (χ3v) is 5.03. The van der Waals surface area contributed by atoms with Gasteiger partial charge in [-0.2, -0.15) is 24.9 Å². The van der Waals surface area contributed by atoms with Crippen molar-refractivity contribution in [1.29, 1.82) is 0 Å². The lowest BCUT2D eigenvalue weighted by atomic mass is 10.1. The molecule has 1 aliphatic rings. The fraction of sp³-hybridized carbons (Fsp3) is 0.400. The number of benzene rings is 1. The Morgan fingerprint density at radius 3 is 2.72 bits per heavy atom. The first-order valence-corrected chi connectivity index (χ1v) is 8.43. The van der Waals surface area contributed by atoms with Gasteiger partial charge in [-0.1, -0.05) is 0 Å². The summed E-state index contributed by atoms with van der Waals surface area (Å²) in [7, 11) is 1.31. The van der Waals surface area contributed by atoms with E-state index in [0.717, 1.165) is 23.6 Å². The first kappa shape index (κ1) is 17.7. The predicted molar refractivity (Wildman–Crippen MR) is 86.4 cm³/mol. The Balaban J connectivity index is 2.15. The van der Waals surface area contributed by atoms with Gasteiger partial charge in [0.25, 0.3) is 5.91 Å². The summed E-state index contributed by atoms with van der Waals surface area (Å²) >= 11 is 1.66. The lowest BCUT2D eigenvalue weighted by molar-refractivity contribution is -0.137. The van der Waals surface area contributed by atoms with Crippen LogP contribution in [0.5, 0.6) is 5.88 Å². The van der Waals surface area contributed by atoms with Gasteiger partial charge >= 0.3 is 6.18 Å². The van der Waals surface area contributed by atoms with E-state index in [1.165, 1.54) is 13.2 Å². The molecule has 25 heavy (non-hydrogen) atoms. The van der Waals surface area contributed by atoms with Crippen LogP contribution in [0.15, 0.2) is 28.4 Å². The molecule has 1 N–H and O–H groups in total. The summed E-state index contributed by atoms with van der Waals surface area (Å²) in [5, 5.41) is 17.6. The van der Waals surface area contributed by atoms with E-state index in [4.69, 9.17) is 0 Å². The summed E-state index contributed by atoms with van der Waals surface area (Å²) in [5.41, 5.74) is -0.591. The Morgan fingerprint density at radius 1 is 1.44 bits per heavy atom. The van der Waals surface area contributed by atoms with Gasteiger partial charge in [0.2, 0.25) is 5.88 Å². The molecule has 2 heterocycles. The van der Waals surface area contributed by atoms with Crippen molar-refractivity contribution in [2.24, 2.45) is 10.2 Å². The van der Waals surface area contributed by atoms with Crippen LogP contribution in [0, 0.1) is 0 Å². The van der Waals surface area contributed by atoms with E-state index in [-0.39, 0.29) is 29.6 Å². The van der Waals surface area contributed by atoms with Crippen LogP contribution in [0.1, 0.15) is 11.6 Å². The Morgan fingerprint density at radius 2 is 2.16 bits per heavy atom. The van der Waals surface area contributed by atoms with Crippen molar-refractivity contribution >= 4 is 34.3 Å². The minimum absolute atomic E-state index is 0.0390. The monoisotopic (exact) mass is 373 g/mol. The second kappa shape index (κ2) is 6.68. The van der Waals surface area contributed by atoms with E-state index in [1.54, 1.807) is 16.3 Å². The van der Waals surface area contributed by atoms with Crippen molar-refractivity contribution in [3.8, 4) is 5.88 Å². The molecule has 0 unspecified atom stereocenters. The SMILES string of the molecule is COCC(=O)N=Nc1c(O)n(C2CSC2)c2ccc(C(F)(F)F)cc12. The second-order valence-electron chi connectivity index (χ2n) is 5.49. The second-order valence-corrected chi connectivity index (χ2v) is 6.56. The number of rotatable bonds is 4. The lowest BCUT2D eigenvalue weighted by Gasteiger charge is -2.27. The summed E-state index contributed by atoms with van der Waals surface area (Å²) < 4.78 is 45.2. The predicted octanol–water partition coefficient (Wildman–Crippen LogP) is 3.91. The number of hydrogen-bond donors (Lipinski definition) is 1. The molecule has 10 heteroatoms. The van der Waals surface area contributed by atoms with Crippen LogP contribution in [-0.2, 0) is 15.7 Å². The summed E-state index contributed by atoms with van der Waals surface area (Å²) in [6, 6.07) is 3.13. The van der Waals surface area contributed by atoms with Crippen LogP contribution >= 0.6 is 11.8 Å². The van der Waals surface area contributed by atoms with Crippen LogP contribution in [0.3, 0.4) is 0 Å². The van der Waals surface area contributed by atoms with E-state index >= 15 is 0 Å². The van der Waals surface area contributed by atoms with Gasteiger partial charge in [0.1, 0.15) is 6.61 Å². The minimum Gasteiger partial charge on any atom is -0.493 e. The number of azo groups is 1. The fourth-order valence-corrected chi connectivity index (χ4v) is 3.30. The maximum atomic E-state index is 13.0. The molecule has 0 spiro atoms. The topological polar surface area (TPSA) is 76.2 Å². The Hall–Kier alpha value is -2.07. The molecule has 1 saturated heterocycles. The zero-order valence-electron chi connectivity index (χ0n) is 13.1. The van der Waals surface area contributed by atoms with E-state index in [9.17, 15) is 23.1 Å². The number of thioether (sulfide) groups is 1. The normalized spacial score (nSPS) is 15.8. The number of carbonyl (C=O) groups is 1. The third kappa shape index (κ3) is 3.36. The number of ether oxygens (including phenoxy) is 1. The van der Waals surface area contributed by atoms with E-state index in [0.29, 0.717) is 5.52 Å². The highest BCUT2D eigenvalue weighted by molar-refractivity contribution is 8.00. The van der Waals surface area contributed by atoms with E-state index in [2.05, 4.69) is 15.0 Å². The van der Waals surface area contributed by atoms with Crippen molar-refractivity contribution in [1.82, 2.24) is 4.57 Å². The molecular weight excluding hydrogens is 359 g/mol. The molecule has 2 aromatic rings. The average molecular weight is 373 g/mol. The zero-order chi connectivity index (χ0) is 18.2. The smallest absolute Gasteiger partial charge is 0.416 e. The summed E-state index contributed by atoms with van der Waals surface area (Å²) in [4.78, 5) is 11.4. The quantitative estimate of drug-likeness (QED) is 0.825. The third-order valence-electron chi connectivity index (χ3n) is 3.79. The van der Waals surface area contributed by atoms with Crippen LogP contribution < -0.4 is 0 Å². The maximum Gasteiger partial charge on any atom is 0.416 e. The van der Waals surface area contributed by atoms with Gasteiger partial charge in [-0.25, -0.2) is 0 Å². The highest BCUT2D eigenvalue weighted by Gasteiger charge is 2.33. The summed E-state index contributed by atoms with van der Waals surface area (Å²) in [6.07, 6.45) is -4.53. The van der Waals surface area contributed by atoms with Crippen LogP contribution in [0.4, 0.5) is 18.9 Å². The molecule has 0 atom stereocenters. The molecule has 1 aliphatic heterocycles. The van der Waals surface area contributed by atoms with Crippen molar-refractivity contribution in [3.63, 3.8) is 0 Å². The van der Waals surface area contributed by atoms with Crippen molar-refractivity contribution in [2.75, 3.05) is 25.2 Å². The Labute approximate surface area is 144 Å². The number of aromatic hydroxyl groups is 1. The number of alkyl halides is 3. The Bertz CT molecular complexity index is 844. The number of methoxy groups -OCH3 is 1. The van der Waals surface area contributed by atoms with Crippen molar-refractivity contribution in [2.45, 2.75) is 12.2 Å². The molecule has 134 valence electrons. The summed E-state index contributed by atoms with van der Waals surface area (Å²) in [6.45, 7) is -0.310. The summed E-state index contributed by atoms with van der Waals surface area (Å²) in [5.74, 6) is 0.470. The number of hydrogen-bond acceptors (Lipinski definition) is 5. The number of aromatic nitrogens is 1. The minimum atomic E-state index is -4.53. The number of halogens is 3. The van der Waals surface area contributed by atoms with Crippen molar-refractivity contribution < 1.29 is 27.8 Å². The Kier molecular flexibility index (Phi) is 4.74. The first-order valence-electron chi connectivity index (χ1n) is 7.28. The molecule has 0 aliphatic carbocycles. The van der Waals surface area contributed by atoms with Gasteiger partial charge in [-0.3, -0.25) is 4.79 Å². The molecule has 1 fully saturated rings. The molecule has 6 nitrogen and oxygen atoms in total. The van der Waals surface area contributed by atoms with Crippen LogP contribution in [-0.4, -0.2) is 40.8 Å². The van der Waals surface area contributed by atoms with Crippen LogP contribution in [0.2, 0.25) is 0 Å². The first-order chi connectivity index (χ1) is 11.8. The van der Waals surface area contributed by atoms with Crippen LogP contribution in [0.25, 0.3) is 10.9 Å². The molecule has 0 radical (unpaired) electrons. The molecule has 0 saturated carbocycles. The van der Waals surface area contributed by atoms with Gasteiger partial charge in [0, 0.05) is 24.0 Å². The molecular formula is C15H14F3N3O3S. The van der Waals surface area contributed by atoms with Gasteiger partial charge in [0.05, 0.1) is 17.1 Å². The largest absolute Gasteiger partial charge is 0.493 e. The fourth-order valence-electron chi connectivity index (χ4n) is 2.56. The average Bonchev–Trinajstić information content (AvgIpc) is 2.75. The van der Waals surface area contributed by atoms with E-state index < -0.39 is 17.6 Å². The van der Waals surface area contributed by atoms with Gasteiger partial charge in [-0.05, 0) is 18.2 Å². The number of amides is 1. The number of nitrogens with zero attached hydrogens (tertiary/aromatic N) is 3. The van der Waals surface area contributed by atoms with Gasteiger partial charge in [-0.15, -0.1) is 10.2 Å². The zero-order valence-corrected chi connectivity index (χ0v) is 13.9. The standard InChI is InChI=1S/C15H14F3N3O3S/c1-24-5-12(22)19-20-13-10-4-8(15(16,17)18)2-3-11(10)21(14(13)23)9-6-25-7-9/h2-4,9,23H,5-7H2,1H3. The van der Waals surface area contributed by atoms with Gasteiger partial charge < -0.3 is 14.4 Å². The molecule has 1 aromatic carbocycles. The molecule has 1 amide bonds. The molecule has 0 bridgehead atoms. The number of carbonyl (C=O) groups excluding carboxylic acids is 1. The molecule has 3 rings (SSSR count). The lowest BCUT2D eigenvalue weighted by Crippen LogP contribution is -2.22. The van der Waals surface area contributed by atoms with E-state index in [1.807, 2.05) is 0 Å². The highest BCUT2D eigenvalue weighted by Crippen LogP contribution is 2.46. The highest BCUT2D eigenvalue weighted by atomic mass is 32.2. The maximum absolute atomic E-state index is 13.0. The number of fused-ring (bicyclic) bond motifs is 1.